The van der Waals surface area contributed by atoms with Gasteiger partial charge in [-0.25, -0.2) is 4.79 Å². The molecule has 11 nitrogen and oxygen atoms in total. The molecule has 2 aliphatic rings. The Morgan fingerprint density at radius 2 is 1.76 bits per heavy atom. The van der Waals surface area contributed by atoms with Crippen LogP contribution in [0.2, 0.25) is 0 Å². The number of hydrogen-bond acceptors (Lipinski definition) is 6. The van der Waals surface area contributed by atoms with Crippen molar-refractivity contribution in [3.8, 4) is 5.75 Å². The molecule has 2 heterocycles. The SMILES string of the molecule is CC1(C)S[C@@H]2[C@H](NC(=O)C(N)c3ccc(O)cc3)C(=O)N2[C@H]1C(=O)O.O.O.O.[H-].[K+]. The number of β-lactam (4-membered cyclic amide) rings is 1. The van der Waals surface area contributed by atoms with Gasteiger partial charge in [0.15, 0.2) is 0 Å². The number of aromatic hydroxyl groups is 1. The molecule has 2 fully saturated rings. The summed E-state index contributed by atoms with van der Waals surface area (Å²) in [5, 5.41) is 20.9. The van der Waals surface area contributed by atoms with Gasteiger partial charge in [-0.3, -0.25) is 9.59 Å². The van der Waals surface area contributed by atoms with Crippen LogP contribution in [0, 0.1) is 0 Å². The van der Waals surface area contributed by atoms with Gasteiger partial charge < -0.3 is 44.0 Å². The third kappa shape index (κ3) is 5.49. The first-order chi connectivity index (χ1) is 11.6. The van der Waals surface area contributed by atoms with Crippen molar-refractivity contribution < 1.29 is 93.8 Å². The van der Waals surface area contributed by atoms with Crippen molar-refractivity contribution in [2.24, 2.45) is 5.73 Å². The van der Waals surface area contributed by atoms with Crippen LogP contribution in [0.25, 0.3) is 0 Å². The number of thioether (sulfide) groups is 1. The summed E-state index contributed by atoms with van der Waals surface area (Å²) < 4.78 is -0.648. The Labute approximate surface area is 215 Å². The Kier molecular flexibility index (Phi) is 11.6. The molecule has 0 saturated carbocycles. The fourth-order valence-corrected chi connectivity index (χ4v) is 4.85. The maximum atomic E-state index is 12.3. The van der Waals surface area contributed by atoms with E-state index in [4.69, 9.17) is 5.73 Å². The zero-order valence-electron chi connectivity index (χ0n) is 17.2. The van der Waals surface area contributed by atoms with Gasteiger partial charge in [-0.1, -0.05) is 12.1 Å². The molecule has 0 bridgehead atoms. The molecule has 0 aromatic heterocycles. The first kappa shape index (κ1) is 30.4. The maximum Gasteiger partial charge on any atom is 1.00 e. The number of phenols is 1. The van der Waals surface area contributed by atoms with Crippen LogP contribution in [0.15, 0.2) is 24.3 Å². The van der Waals surface area contributed by atoms with Crippen LogP contribution < -0.4 is 62.4 Å². The molecule has 29 heavy (non-hydrogen) atoms. The molecule has 0 radical (unpaired) electrons. The monoisotopic (exact) mass is 459 g/mol. The van der Waals surface area contributed by atoms with Gasteiger partial charge in [0.05, 0.1) is 0 Å². The van der Waals surface area contributed by atoms with Crippen molar-refractivity contribution in [2.45, 2.75) is 42.1 Å². The minimum absolute atomic E-state index is 0. The van der Waals surface area contributed by atoms with E-state index in [1.807, 2.05) is 0 Å². The smallest absolute Gasteiger partial charge is 1.00 e. The molecule has 2 saturated heterocycles. The largest absolute Gasteiger partial charge is 1.00 e. The third-order valence-electron chi connectivity index (χ3n) is 4.51. The molecule has 2 aliphatic heterocycles. The fraction of sp³-hybridized carbons (Fsp3) is 0.438. The van der Waals surface area contributed by atoms with Crippen molar-refractivity contribution in [1.82, 2.24) is 10.2 Å². The van der Waals surface area contributed by atoms with E-state index >= 15 is 0 Å². The number of fused-ring (bicyclic) bond motifs is 1. The third-order valence-corrected chi connectivity index (χ3v) is 6.08. The number of nitrogens with zero attached hydrogens (tertiary/aromatic N) is 1. The van der Waals surface area contributed by atoms with Crippen LogP contribution in [0.1, 0.15) is 26.9 Å². The maximum absolute atomic E-state index is 12.3. The second-order valence-electron chi connectivity index (χ2n) is 6.65. The van der Waals surface area contributed by atoms with E-state index in [0.717, 1.165) is 0 Å². The fourth-order valence-electron chi connectivity index (χ4n) is 3.22. The summed E-state index contributed by atoms with van der Waals surface area (Å²) in [6.07, 6.45) is 0. The minimum Gasteiger partial charge on any atom is -1.00 e. The van der Waals surface area contributed by atoms with Crippen LogP contribution in [0.5, 0.6) is 5.75 Å². The number of carboxylic acid groups (broad SMARTS) is 1. The minimum atomic E-state index is -1.06. The van der Waals surface area contributed by atoms with Crippen LogP contribution in [-0.4, -0.2) is 71.5 Å². The van der Waals surface area contributed by atoms with Crippen molar-refractivity contribution in [1.29, 1.82) is 0 Å². The van der Waals surface area contributed by atoms with Gasteiger partial charge in [0.2, 0.25) is 11.8 Å². The van der Waals surface area contributed by atoms with E-state index in [2.05, 4.69) is 5.32 Å². The number of hydrogen-bond donors (Lipinski definition) is 4. The van der Waals surface area contributed by atoms with Crippen LogP contribution in [0.3, 0.4) is 0 Å². The molecule has 1 aromatic rings. The number of carboxylic acids is 1. The summed E-state index contributed by atoms with van der Waals surface area (Å²) in [6.45, 7) is 3.53. The molecular weight excluding hydrogens is 433 g/mol. The summed E-state index contributed by atoms with van der Waals surface area (Å²) in [5.41, 5.74) is 6.41. The molecule has 0 aliphatic carbocycles. The first-order valence-electron chi connectivity index (χ1n) is 7.71. The van der Waals surface area contributed by atoms with E-state index in [9.17, 15) is 24.6 Å². The Morgan fingerprint density at radius 3 is 2.24 bits per heavy atom. The molecule has 0 spiro atoms. The van der Waals surface area contributed by atoms with Crippen LogP contribution in [-0.2, 0) is 14.4 Å². The standard InChI is InChI=1S/C16H19N3O5S.K.3H2O.H/c1-16(2)11(15(23)24)19-13(22)10(14(19)25-16)18-12(21)9(17)7-3-5-8(20)6-4-7;;;;;/h3-6,9-11,14,20H,17H2,1-2H3,(H,18,21)(H,23,24);;3*1H2;/q;+1;;;;-1/t9?,10-,11+,14-;;;;;/m1...../s1. The topological polar surface area (TPSA) is 227 Å². The summed E-state index contributed by atoms with van der Waals surface area (Å²) in [6, 6.07) is 3.21. The van der Waals surface area contributed by atoms with Gasteiger partial charge in [-0.2, -0.15) is 0 Å². The normalized spacial score (nSPS) is 24.2. The zero-order valence-corrected chi connectivity index (χ0v) is 20.1. The number of carbonyl (C=O) groups excluding carboxylic acids is 2. The van der Waals surface area contributed by atoms with E-state index in [1.54, 1.807) is 13.8 Å². The average Bonchev–Trinajstić information content (AvgIpc) is 2.80. The zero-order chi connectivity index (χ0) is 18.5. The van der Waals surface area contributed by atoms with E-state index < -0.39 is 46.0 Å². The summed E-state index contributed by atoms with van der Waals surface area (Å²) >= 11 is 1.35. The molecule has 1 aromatic carbocycles. The molecule has 1 unspecified atom stereocenters. The number of nitrogens with one attached hydrogen (secondary N) is 1. The molecule has 13 heteroatoms. The molecule has 11 N–H and O–H groups in total. The predicted molar refractivity (Wildman–Crippen MR) is 103 cm³/mol. The summed E-state index contributed by atoms with van der Waals surface area (Å²) in [5.74, 6) is -1.94. The Morgan fingerprint density at radius 1 is 1.24 bits per heavy atom. The average molecular weight is 460 g/mol. The van der Waals surface area contributed by atoms with E-state index in [1.165, 1.54) is 40.9 Å². The first-order valence-corrected chi connectivity index (χ1v) is 8.59. The van der Waals surface area contributed by atoms with Gasteiger partial charge in [0.25, 0.3) is 0 Å². The second kappa shape index (κ2) is 11.0. The molecular formula is C16H26KN3O8S. The molecule has 3 rings (SSSR count). The molecule has 2 amide bonds. The second-order valence-corrected chi connectivity index (χ2v) is 8.42. The van der Waals surface area contributed by atoms with Crippen molar-refractivity contribution in [3.05, 3.63) is 29.8 Å². The Hall–Kier alpha value is -0.744. The van der Waals surface area contributed by atoms with Gasteiger partial charge in [0, 0.05) is 4.75 Å². The van der Waals surface area contributed by atoms with E-state index in [-0.39, 0.29) is 75.0 Å². The molecule has 4 atom stereocenters. The summed E-state index contributed by atoms with van der Waals surface area (Å²) in [4.78, 5) is 37.5. The van der Waals surface area contributed by atoms with Crippen molar-refractivity contribution in [2.75, 3.05) is 0 Å². The van der Waals surface area contributed by atoms with Gasteiger partial charge in [-0.15, -0.1) is 11.8 Å². The Balaban J connectivity index is -0.00000146. The van der Waals surface area contributed by atoms with E-state index in [0.29, 0.717) is 5.56 Å². The predicted octanol–water partition coefficient (Wildman–Crippen LogP) is -5.33. The quantitative estimate of drug-likeness (QED) is 0.252. The number of rotatable bonds is 4. The number of nitrogens with two attached hydrogens (primary N) is 1. The Bertz CT molecular complexity index is 755. The number of amides is 2. The van der Waals surface area contributed by atoms with Gasteiger partial charge >= 0.3 is 57.4 Å². The summed E-state index contributed by atoms with van der Waals surface area (Å²) in [7, 11) is 0. The van der Waals surface area contributed by atoms with Crippen molar-refractivity contribution in [3.63, 3.8) is 0 Å². The van der Waals surface area contributed by atoms with Crippen LogP contribution >= 0.6 is 11.8 Å². The van der Waals surface area contributed by atoms with Gasteiger partial charge in [-0.05, 0) is 31.5 Å². The number of phenolic OH excluding ortho intramolecular Hbond substituents is 1. The van der Waals surface area contributed by atoms with Gasteiger partial charge in [0.1, 0.15) is 29.2 Å². The molecule has 160 valence electrons. The number of aliphatic carboxylic acids is 1. The van der Waals surface area contributed by atoms with Crippen LogP contribution in [0.4, 0.5) is 0 Å². The number of carbonyl (C=O) groups is 3. The van der Waals surface area contributed by atoms with Crippen molar-refractivity contribution >= 4 is 29.5 Å². The number of benzene rings is 1.